The highest BCUT2D eigenvalue weighted by molar-refractivity contribution is 6.02. The van der Waals surface area contributed by atoms with E-state index in [-0.39, 0.29) is 64.0 Å². The largest absolute Gasteiger partial charge is 0.481 e. The maximum atomic E-state index is 13.9. The number of esters is 1. The SMILES string of the molecule is CC(C)C1=C2C3CCC4[C@@]5(C)CC[C@H](OC(=O)CC(C)(C)C(=O)O)C(C)(C)C5CC[C@@]4(C)[C@]3(C)CC[C@@]2(NC(=O)OC2CCN(C)CC2)CC1=O. The van der Waals surface area contributed by atoms with Gasteiger partial charge in [0.25, 0.3) is 0 Å². The van der Waals surface area contributed by atoms with Gasteiger partial charge in [0.1, 0.15) is 12.2 Å². The molecule has 8 atom stereocenters. The molecule has 0 aromatic heterocycles. The average Bonchev–Trinajstić information content (AvgIpc) is 3.31. The molecule has 4 saturated carbocycles. The smallest absolute Gasteiger partial charge is 0.408 e. The lowest BCUT2D eigenvalue weighted by Gasteiger charge is -2.72. The number of carboxylic acid groups (broad SMARTS) is 1. The van der Waals surface area contributed by atoms with E-state index in [9.17, 15) is 24.3 Å². The fourth-order valence-corrected chi connectivity index (χ4v) is 13.1. The highest BCUT2D eigenvalue weighted by Gasteiger charge is 2.70. The normalized spacial score (nSPS) is 39.8. The third kappa shape index (κ3) is 6.07. The summed E-state index contributed by atoms with van der Waals surface area (Å²) in [6.45, 7) is 21.3. The molecule has 1 amide bonds. The lowest BCUT2D eigenvalue weighted by atomic mass is 9.33. The van der Waals surface area contributed by atoms with Crippen molar-refractivity contribution in [3.05, 3.63) is 11.1 Å². The minimum absolute atomic E-state index is 0.0355. The van der Waals surface area contributed by atoms with Crippen LogP contribution < -0.4 is 5.32 Å². The lowest BCUT2D eigenvalue weighted by Crippen LogP contribution is -2.67. The molecule has 1 aliphatic heterocycles. The number of aliphatic carboxylic acids is 1. The second kappa shape index (κ2) is 12.9. The van der Waals surface area contributed by atoms with Crippen molar-refractivity contribution in [2.75, 3.05) is 20.1 Å². The molecule has 3 unspecified atom stereocenters. The fourth-order valence-electron chi connectivity index (χ4n) is 13.1. The Morgan fingerprint density at radius 3 is 2.18 bits per heavy atom. The quantitative estimate of drug-likeness (QED) is 0.255. The zero-order valence-electron chi connectivity index (χ0n) is 33.2. The number of alkyl carbamates (subject to hydrolysis) is 1. The van der Waals surface area contributed by atoms with Crippen LogP contribution in [0.1, 0.15) is 139 Å². The van der Waals surface area contributed by atoms with E-state index in [4.69, 9.17) is 9.47 Å². The Morgan fingerprint density at radius 1 is 0.882 bits per heavy atom. The van der Waals surface area contributed by atoms with Gasteiger partial charge in [-0.1, -0.05) is 48.5 Å². The predicted octanol–water partition coefficient (Wildman–Crippen LogP) is 7.95. The van der Waals surface area contributed by atoms with Crippen LogP contribution in [0.5, 0.6) is 0 Å². The number of carbonyl (C=O) groups excluding carboxylic acids is 3. The van der Waals surface area contributed by atoms with E-state index in [2.05, 4.69) is 65.7 Å². The van der Waals surface area contributed by atoms with Crippen LogP contribution in [0.2, 0.25) is 0 Å². The molecule has 5 fully saturated rings. The second-order valence-corrected chi connectivity index (χ2v) is 20.0. The molecule has 9 nitrogen and oxygen atoms in total. The first kappa shape index (κ1) is 38.3. The Hall–Kier alpha value is -2.42. The summed E-state index contributed by atoms with van der Waals surface area (Å²) in [5.41, 5.74) is 0.119. The molecule has 5 aliphatic carbocycles. The Morgan fingerprint density at radius 2 is 1.55 bits per heavy atom. The van der Waals surface area contributed by atoms with Crippen molar-refractivity contribution >= 4 is 23.8 Å². The number of piperidine rings is 1. The molecule has 6 rings (SSSR count). The molecule has 6 aliphatic rings. The van der Waals surface area contributed by atoms with Crippen molar-refractivity contribution in [2.24, 2.45) is 50.7 Å². The summed E-state index contributed by atoms with van der Waals surface area (Å²) in [6.07, 6.45) is 8.75. The zero-order valence-corrected chi connectivity index (χ0v) is 33.2. The highest BCUT2D eigenvalue weighted by atomic mass is 16.6. The first-order chi connectivity index (χ1) is 23.6. The summed E-state index contributed by atoms with van der Waals surface area (Å²) < 4.78 is 12.2. The van der Waals surface area contributed by atoms with Crippen molar-refractivity contribution in [3.8, 4) is 0 Å². The van der Waals surface area contributed by atoms with Gasteiger partial charge in [0.05, 0.1) is 17.4 Å². The number of likely N-dealkylation sites (tertiary alicyclic amines) is 1. The third-order valence-corrected chi connectivity index (χ3v) is 16.1. The maximum absolute atomic E-state index is 13.9. The number of ether oxygens (including phenoxy) is 2. The summed E-state index contributed by atoms with van der Waals surface area (Å²) in [4.78, 5) is 54.6. The predicted molar refractivity (Wildman–Crippen MR) is 196 cm³/mol. The van der Waals surface area contributed by atoms with Gasteiger partial charge in [-0.2, -0.15) is 0 Å². The van der Waals surface area contributed by atoms with E-state index in [0.29, 0.717) is 18.3 Å². The van der Waals surface area contributed by atoms with Gasteiger partial charge in [0.15, 0.2) is 5.78 Å². The molecule has 0 aromatic carbocycles. The highest BCUT2D eigenvalue weighted by Crippen LogP contribution is 2.76. The van der Waals surface area contributed by atoms with Gasteiger partial charge in [-0.15, -0.1) is 0 Å². The van der Waals surface area contributed by atoms with Crippen molar-refractivity contribution in [1.29, 1.82) is 0 Å². The number of ketones is 1. The molecule has 51 heavy (non-hydrogen) atoms. The number of fused-ring (bicyclic) bond motifs is 7. The Balaban J connectivity index is 1.26. The van der Waals surface area contributed by atoms with Gasteiger partial charge < -0.3 is 24.8 Å². The molecule has 0 radical (unpaired) electrons. The van der Waals surface area contributed by atoms with Crippen molar-refractivity contribution in [2.45, 2.75) is 157 Å². The van der Waals surface area contributed by atoms with Crippen molar-refractivity contribution in [3.63, 3.8) is 0 Å². The number of carbonyl (C=O) groups is 4. The van der Waals surface area contributed by atoms with Crippen LogP contribution in [0, 0.1) is 50.7 Å². The molecule has 0 spiro atoms. The lowest BCUT2D eigenvalue weighted by molar-refractivity contribution is -0.232. The Bertz CT molecular complexity index is 1470. The number of rotatable bonds is 7. The van der Waals surface area contributed by atoms with Gasteiger partial charge in [0, 0.05) is 24.9 Å². The number of amides is 1. The number of Topliss-reactive ketones (excluding diaryl/α,β-unsaturated/α-hetero) is 1. The molecular formula is C42H66N2O7. The van der Waals surface area contributed by atoms with Crippen LogP contribution >= 0.6 is 0 Å². The van der Waals surface area contributed by atoms with E-state index in [1.165, 1.54) is 5.57 Å². The molecule has 1 saturated heterocycles. The number of carboxylic acids is 1. The molecule has 0 aromatic rings. The number of nitrogens with zero attached hydrogens (tertiary/aromatic N) is 1. The summed E-state index contributed by atoms with van der Waals surface area (Å²) in [7, 11) is 2.10. The van der Waals surface area contributed by atoms with Crippen LogP contribution in [-0.4, -0.2) is 71.7 Å². The van der Waals surface area contributed by atoms with Gasteiger partial charge >= 0.3 is 18.0 Å². The number of nitrogens with one attached hydrogen (secondary N) is 1. The van der Waals surface area contributed by atoms with E-state index in [0.717, 1.165) is 82.9 Å². The van der Waals surface area contributed by atoms with Crippen molar-refractivity contribution < 1.29 is 33.8 Å². The molecule has 1 heterocycles. The van der Waals surface area contributed by atoms with Crippen LogP contribution in [0.4, 0.5) is 4.79 Å². The van der Waals surface area contributed by atoms with Crippen LogP contribution in [0.3, 0.4) is 0 Å². The summed E-state index contributed by atoms with van der Waals surface area (Å²) in [5.74, 6) is -0.0978. The van der Waals surface area contributed by atoms with Crippen LogP contribution in [0.25, 0.3) is 0 Å². The van der Waals surface area contributed by atoms with E-state index in [1.54, 1.807) is 13.8 Å². The topological polar surface area (TPSA) is 122 Å². The number of hydrogen-bond donors (Lipinski definition) is 2. The fraction of sp³-hybridized carbons (Fsp3) is 0.857. The minimum Gasteiger partial charge on any atom is -0.481 e. The molecular weight excluding hydrogens is 644 g/mol. The summed E-state index contributed by atoms with van der Waals surface area (Å²) in [6, 6.07) is 0. The summed E-state index contributed by atoms with van der Waals surface area (Å²) >= 11 is 0. The van der Waals surface area contributed by atoms with Crippen LogP contribution in [-0.2, 0) is 23.9 Å². The third-order valence-electron chi connectivity index (χ3n) is 16.1. The van der Waals surface area contributed by atoms with Crippen molar-refractivity contribution in [1.82, 2.24) is 10.2 Å². The van der Waals surface area contributed by atoms with Gasteiger partial charge in [0.2, 0.25) is 0 Å². The molecule has 286 valence electrons. The maximum Gasteiger partial charge on any atom is 0.408 e. The first-order valence-corrected chi connectivity index (χ1v) is 20.0. The second-order valence-electron chi connectivity index (χ2n) is 20.0. The zero-order chi connectivity index (χ0) is 37.5. The van der Waals surface area contributed by atoms with E-state index in [1.807, 2.05) is 0 Å². The Kier molecular flexibility index (Phi) is 9.66. The van der Waals surface area contributed by atoms with E-state index >= 15 is 0 Å². The van der Waals surface area contributed by atoms with Crippen LogP contribution in [0.15, 0.2) is 11.1 Å². The Labute approximate surface area is 306 Å². The summed E-state index contributed by atoms with van der Waals surface area (Å²) in [5, 5.41) is 13.0. The van der Waals surface area contributed by atoms with E-state index < -0.39 is 22.9 Å². The number of hydrogen-bond acceptors (Lipinski definition) is 7. The molecule has 2 N–H and O–H groups in total. The minimum atomic E-state index is -1.17. The number of allylic oxidation sites excluding steroid dienone is 1. The van der Waals surface area contributed by atoms with Gasteiger partial charge in [-0.3, -0.25) is 14.4 Å². The molecule has 0 bridgehead atoms. The first-order valence-electron chi connectivity index (χ1n) is 20.0. The monoisotopic (exact) mass is 710 g/mol. The molecule has 9 heteroatoms. The van der Waals surface area contributed by atoms with Gasteiger partial charge in [-0.05, 0) is 136 Å². The average molecular weight is 711 g/mol. The van der Waals surface area contributed by atoms with Gasteiger partial charge in [-0.25, -0.2) is 4.79 Å². The standard InChI is InChI=1S/C42H66N2O7/c1-25(2)33-28(45)23-42(43-36(49)50-26-15-21-44(10)22-16-26)20-19-40(8)27(34(33)42)11-12-30-39(7)17-14-31(51-32(46)24-37(3,4)35(47)48)38(5,6)29(39)13-18-41(30,40)9/h25-27,29-31H,11-24H2,1-10H3,(H,43,49)(H,47,48)/t27?,29?,30?,31-,39-,40+,41+,42+/m0/s1.